The van der Waals surface area contributed by atoms with Crippen molar-refractivity contribution in [2.45, 2.75) is 12.8 Å². The van der Waals surface area contributed by atoms with Crippen molar-refractivity contribution in [3.63, 3.8) is 0 Å². The number of carbonyl (C=O) groups excluding carboxylic acids is 2. The van der Waals surface area contributed by atoms with Crippen LogP contribution in [0.15, 0.2) is 48.5 Å². The van der Waals surface area contributed by atoms with Gasteiger partial charge in [0.15, 0.2) is 0 Å². The maximum atomic E-state index is 13.1. The zero-order valence-corrected chi connectivity index (χ0v) is 16.4. The van der Waals surface area contributed by atoms with Gasteiger partial charge in [0, 0.05) is 31.9 Å². The summed E-state index contributed by atoms with van der Waals surface area (Å²) < 4.78 is 18.4. The summed E-state index contributed by atoms with van der Waals surface area (Å²) in [6.45, 7) is 2.39. The van der Waals surface area contributed by atoms with E-state index in [0.29, 0.717) is 50.5 Å². The maximum Gasteiger partial charge on any atom is 0.240 e. The van der Waals surface area contributed by atoms with Gasteiger partial charge in [-0.05, 0) is 49.2 Å². The Labute approximate surface area is 169 Å². The average Bonchev–Trinajstić information content (AvgIpc) is 3.56. The van der Waals surface area contributed by atoms with E-state index in [0.717, 1.165) is 5.69 Å². The molecule has 4 rings (SSSR count). The van der Waals surface area contributed by atoms with Gasteiger partial charge in [0.2, 0.25) is 11.8 Å². The van der Waals surface area contributed by atoms with Crippen LogP contribution < -0.4 is 15.0 Å². The molecule has 0 radical (unpaired) electrons. The molecule has 2 aromatic carbocycles. The number of anilines is 2. The predicted molar refractivity (Wildman–Crippen MR) is 108 cm³/mol. The van der Waals surface area contributed by atoms with Crippen LogP contribution in [0.3, 0.4) is 0 Å². The SMILES string of the molecule is COc1ccccc1NC(=O)C1(C(=O)N2CCN(c3ccc(F)cc3)CC2)CC1. The Hall–Kier alpha value is -3.09. The number of ether oxygens (including phenoxy) is 1. The van der Waals surface area contributed by atoms with E-state index in [9.17, 15) is 14.0 Å². The molecule has 2 fully saturated rings. The number of carbonyl (C=O) groups is 2. The highest BCUT2D eigenvalue weighted by Crippen LogP contribution is 2.48. The van der Waals surface area contributed by atoms with Gasteiger partial charge in [0.25, 0.3) is 0 Å². The molecule has 0 bridgehead atoms. The Morgan fingerprint density at radius 1 is 1.00 bits per heavy atom. The average molecular weight is 397 g/mol. The molecular formula is C22H24FN3O3. The number of methoxy groups -OCH3 is 1. The number of hydrogen-bond acceptors (Lipinski definition) is 4. The van der Waals surface area contributed by atoms with Crippen LogP contribution in [0.25, 0.3) is 0 Å². The third-order valence-electron chi connectivity index (χ3n) is 5.71. The Morgan fingerprint density at radius 2 is 1.66 bits per heavy atom. The minimum Gasteiger partial charge on any atom is -0.495 e. The molecule has 1 saturated carbocycles. The molecule has 1 saturated heterocycles. The molecule has 7 heteroatoms. The Balaban J connectivity index is 1.39. The van der Waals surface area contributed by atoms with Gasteiger partial charge >= 0.3 is 0 Å². The summed E-state index contributed by atoms with van der Waals surface area (Å²) in [5.74, 6) is -0.0760. The fourth-order valence-electron chi connectivity index (χ4n) is 3.78. The highest BCUT2D eigenvalue weighted by Gasteiger charge is 2.58. The largest absolute Gasteiger partial charge is 0.495 e. The number of para-hydroxylation sites is 2. The lowest BCUT2D eigenvalue weighted by Gasteiger charge is -2.37. The standard InChI is InChI=1S/C22H24FN3O3/c1-29-19-5-3-2-4-18(19)24-20(27)22(10-11-22)21(28)26-14-12-25(13-15-26)17-8-6-16(23)7-9-17/h2-9H,10-15H2,1H3,(H,24,27). The second-order valence-electron chi connectivity index (χ2n) is 7.49. The number of nitrogens with zero attached hydrogens (tertiary/aromatic N) is 2. The third-order valence-corrected chi connectivity index (χ3v) is 5.71. The van der Waals surface area contributed by atoms with E-state index in [2.05, 4.69) is 10.2 Å². The van der Waals surface area contributed by atoms with Gasteiger partial charge in [0.05, 0.1) is 12.8 Å². The number of halogens is 1. The van der Waals surface area contributed by atoms with Crippen molar-refractivity contribution in [2.24, 2.45) is 5.41 Å². The molecule has 6 nitrogen and oxygen atoms in total. The highest BCUT2D eigenvalue weighted by atomic mass is 19.1. The molecule has 0 atom stereocenters. The quantitative estimate of drug-likeness (QED) is 0.788. The summed E-state index contributed by atoms with van der Waals surface area (Å²) in [7, 11) is 1.55. The fourth-order valence-corrected chi connectivity index (χ4v) is 3.78. The second kappa shape index (κ2) is 7.73. The topological polar surface area (TPSA) is 61.9 Å². The van der Waals surface area contributed by atoms with E-state index >= 15 is 0 Å². The van der Waals surface area contributed by atoms with Crippen molar-refractivity contribution in [2.75, 3.05) is 43.5 Å². The van der Waals surface area contributed by atoms with Crippen molar-refractivity contribution in [3.05, 3.63) is 54.3 Å². The first-order valence-corrected chi connectivity index (χ1v) is 9.78. The lowest BCUT2D eigenvalue weighted by Crippen LogP contribution is -2.52. The van der Waals surface area contributed by atoms with Gasteiger partial charge in [-0.25, -0.2) is 4.39 Å². The summed E-state index contributed by atoms with van der Waals surface area (Å²) in [6.07, 6.45) is 1.12. The number of amides is 2. The molecule has 1 N–H and O–H groups in total. The van der Waals surface area contributed by atoms with E-state index < -0.39 is 5.41 Å². The molecule has 2 amide bonds. The molecule has 1 aliphatic carbocycles. The van der Waals surface area contributed by atoms with Crippen LogP contribution in [0.2, 0.25) is 0 Å². The number of hydrogen-bond donors (Lipinski definition) is 1. The molecule has 2 aromatic rings. The van der Waals surface area contributed by atoms with Crippen LogP contribution in [0, 0.1) is 11.2 Å². The highest BCUT2D eigenvalue weighted by molar-refractivity contribution is 6.13. The van der Waals surface area contributed by atoms with Crippen molar-refractivity contribution >= 4 is 23.2 Å². The van der Waals surface area contributed by atoms with Gasteiger partial charge in [-0.15, -0.1) is 0 Å². The zero-order chi connectivity index (χ0) is 20.4. The monoisotopic (exact) mass is 397 g/mol. The van der Waals surface area contributed by atoms with Crippen LogP contribution in [-0.2, 0) is 9.59 Å². The normalized spacial score (nSPS) is 17.6. The molecular weight excluding hydrogens is 373 g/mol. The Kier molecular flexibility index (Phi) is 5.13. The van der Waals surface area contributed by atoms with Crippen LogP contribution in [0.4, 0.5) is 15.8 Å². The molecule has 1 heterocycles. The van der Waals surface area contributed by atoms with Gasteiger partial charge in [-0.3, -0.25) is 9.59 Å². The smallest absolute Gasteiger partial charge is 0.240 e. The molecule has 2 aliphatic rings. The van der Waals surface area contributed by atoms with Gasteiger partial charge in [0.1, 0.15) is 17.0 Å². The summed E-state index contributed by atoms with van der Waals surface area (Å²) in [6, 6.07) is 13.5. The summed E-state index contributed by atoms with van der Waals surface area (Å²) in [4.78, 5) is 29.9. The van der Waals surface area contributed by atoms with Gasteiger partial charge < -0.3 is 19.9 Å². The van der Waals surface area contributed by atoms with Crippen LogP contribution in [0.1, 0.15) is 12.8 Å². The van der Waals surface area contributed by atoms with Crippen LogP contribution in [-0.4, -0.2) is 50.0 Å². The van der Waals surface area contributed by atoms with E-state index in [1.165, 1.54) is 12.1 Å². The van der Waals surface area contributed by atoms with E-state index in [-0.39, 0.29) is 17.6 Å². The summed E-state index contributed by atoms with van der Waals surface area (Å²) in [5, 5.41) is 2.87. The lowest BCUT2D eigenvalue weighted by atomic mass is 10.0. The number of benzene rings is 2. The van der Waals surface area contributed by atoms with Crippen molar-refractivity contribution in [1.29, 1.82) is 0 Å². The minimum atomic E-state index is -0.973. The van der Waals surface area contributed by atoms with E-state index in [1.807, 2.05) is 12.1 Å². The fraction of sp³-hybridized carbons (Fsp3) is 0.364. The molecule has 152 valence electrons. The third kappa shape index (κ3) is 3.77. The molecule has 0 unspecified atom stereocenters. The molecule has 29 heavy (non-hydrogen) atoms. The van der Waals surface area contributed by atoms with E-state index in [4.69, 9.17) is 4.74 Å². The zero-order valence-electron chi connectivity index (χ0n) is 16.4. The molecule has 1 aliphatic heterocycles. The van der Waals surface area contributed by atoms with Crippen molar-refractivity contribution < 1.29 is 18.7 Å². The Bertz CT molecular complexity index is 904. The molecule has 0 aromatic heterocycles. The number of rotatable bonds is 5. The van der Waals surface area contributed by atoms with Gasteiger partial charge in [-0.1, -0.05) is 12.1 Å². The second-order valence-corrected chi connectivity index (χ2v) is 7.49. The minimum absolute atomic E-state index is 0.108. The Morgan fingerprint density at radius 3 is 2.28 bits per heavy atom. The van der Waals surface area contributed by atoms with E-state index in [1.54, 1.807) is 36.3 Å². The number of piperazine rings is 1. The maximum absolute atomic E-state index is 13.1. The first-order chi connectivity index (χ1) is 14.0. The van der Waals surface area contributed by atoms with Crippen LogP contribution >= 0.6 is 0 Å². The van der Waals surface area contributed by atoms with Crippen molar-refractivity contribution in [3.8, 4) is 5.75 Å². The summed E-state index contributed by atoms with van der Waals surface area (Å²) in [5.41, 5.74) is 0.535. The lowest BCUT2D eigenvalue weighted by molar-refractivity contribution is -0.142. The number of nitrogens with one attached hydrogen (secondary N) is 1. The van der Waals surface area contributed by atoms with Gasteiger partial charge in [-0.2, -0.15) is 0 Å². The first kappa shape index (κ1) is 19.2. The molecule has 0 spiro atoms. The van der Waals surface area contributed by atoms with Crippen LogP contribution in [0.5, 0.6) is 5.75 Å². The first-order valence-electron chi connectivity index (χ1n) is 9.78. The predicted octanol–water partition coefficient (Wildman–Crippen LogP) is 2.90. The summed E-state index contributed by atoms with van der Waals surface area (Å²) >= 11 is 0. The van der Waals surface area contributed by atoms with Crippen molar-refractivity contribution in [1.82, 2.24) is 4.90 Å².